The SMILES string of the molecule is COc1ccc(C(c2ccccc2)(c2ccc(OC)cc2)C(O)[C@H]2O[C@@](CO)(n3cc(C)c(=O)[nH]c3=O)C([SiH](C)C)[C@@]2(O)C(C)(C)C)cc1. The Labute approximate surface area is 288 Å². The quantitative estimate of drug-likeness (QED) is 0.145. The molecule has 0 aliphatic carbocycles. The van der Waals surface area contributed by atoms with Gasteiger partial charge in [-0.15, -0.1) is 0 Å². The molecule has 0 amide bonds. The second-order valence-corrected chi connectivity index (χ2v) is 17.5. The molecule has 0 radical (unpaired) electrons. The van der Waals surface area contributed by atoms with Gasteiger partial charge in [-0.1, -0.05) is 88.5 Å². The molecule has 49 heavy (non-hydrogen) atoms. The molecule has 10 nitrogen and oxygen atoms in total. The van der Waals surface area contributed by atoms with E-state index in [0.717, 1.165) is 5.56 Å². The first kappa shape index (κ1) is 36.3. The third kappa shape index (κ3) is 5.67. The molecule has 5 atom stereocenters. The number of aryl methyl sites for hydroxylation is 1. The van der Waals surface area contributed by atoms with E-state index in [-0.39, 0.29) is 5.56 Å². The molecule has 4 aromatic rings. The number of nitrogens with one attached hydrogen (secondary N) is 1. The number of aromatic nitrogens is 2. The highest BCUT2D eigenvalue weighted by atomic mass is 28.3. The van der Waals surface area contributed by atoms with Gasteiger partial charge in [-0.3, -0.25) is 14.3 Å². The van der Waals surface area contributed by atoms with Gasteiger partial charge in [0.25, 0.3) is 5.56 Å². The highest BCUT2D eigenvalue weighted by Gasteiger charge is 2.72. The Hall–Kier alpha value is -4.00. The molecule has 1 aromatic heterocycles. The van der Waals surface area contributed by atoms with Crippen molar-refractivity contribution in [1.29, 1.82) is 0 Å². The van der Waals surface area contributed by atoms with E-state index in [9.17, 15) is 24.9 Å². The van der Waals surface area contributed by atoms with E-state index in [1.165, 1.54) is 10.8 Å². The van der Waals surface area contributed by atoms with Crippen molar-refractivity contribution in [2.75, 3.05) is 20.8 Å². The number of aliphatic hydroxyl groups excluding tert-OH is 2. The van der Waals surface area contributed by atoms with E-state index < -0.39 is 66.6 Å². The van der Waals surface area contributed by atoms with Crippen LogP contribution in [0.4, 0.5) is 0 Å². The van der Waals surface area contributed by atoms with Crippen LogP contribution in [0.1, 0.15) is 43.0 Å². The Morgan fingerprint density at radius 1 is 0.898 bits per heavy atom. The molecule has 0 spiro atoms. The number of rotatable bonds is 10. The summed E-state index contributed by atoms with van der Waals surface area (Å²) in [6.07, 6.45) is -1.51. The highest BCUT2D eigenvalue weighted by molar-refractivity contribution is 6.58. The van der Waals surface area contributed by atoms with Gasteiger partial charge < -0.3 is 29.5 Å². The molecule has 1 saturated heterocycles. The Bertz CT molecular complexity index is 1820. The Morgan fingerprint density at radius 3 is 1.82 bits per heavy atom. The zero-order chi connectivity index (χ0) is 35.9. The van der Waals surface area contributed by atoms with Gasteiger partial charge in [0.2, 0.25) is 0 Å². The number of benzene rings is 3. The van der Waals surface area contributed by atoms with Crippen LogP contribution in [0.5, 0.6) is 11.5 Å². The number of nitrogens with zero attached hydrogens (tertiary/aromatic N) is 1. The topological polar surface area (TPSA) is 143 Å². The minimum atomic E-state index is -2.12. The van der Waals surface area contributed by atoms with E-state index in [4.69, 9.17) is 14.2 Å². The summed E-state index contributed by atoms with van der Waals surface area (Å²) in [7, 11) is 1.05. The number of ether oxygens (including phenoxy) is 3. The Kier molecular flexibility index (Phi) is 9.90. The summed E-state index contributed by atoms with van der Waals surface area (Å²) in [5, 5.41) is 38.1. The summed E-state index contributed by atoms with van der Waals surface area (Å²) < 4.78 is 19.2. The van der Waals surface area contributed by atoms with Crippen LogP contribution in [0.2, 0.25) is 18.6 Å². The molecular weight excluding hydrogens is 641 g/mol. The fraction of sp³-hybridized carbons (Fsp3) is 0.421. The fourth-order valence-electron chi connectivity index (χ4n) is 8.05. The van der Waals surface area contributed by atoms with Crippen LogP contribution in [0.25, 0.3) is 0 Å². The average Bonchev–Trinajstić information content (AvgIpc) is 3.38. The van der Waals surface area contributed by atoms with Crippen LogP contribution in [0.15, 0.2) is 94.6 Å². The molecule has 2 heterocycles. The molecule has 1 aliphatic heterocycles. The Morgan fingerprint density at radius 2 is 1.39 bits per heavy atom. The molecular formula is C38H48N2O8Si. The largest absolute Gasteiger partial charge is 0.497 e. The predicted molar refractivity (Wildman–Crippen MR) is 191 cm³/mol. The lowest BCUT2D eigenvalue weighted by Gasteiger charge is -2.51. The second kappa shape index (κ2) is 13.4. The molecule has 1 fully saturated rings. The van der Waals surface area contributed by atoms with Crippen LogP contribution in [0, 0.1) is 12.3 Å². The van der Waals surface area contributed by atoms with Crippen LogP contribution >= 0.6 is 0 Å². The molecule has 0 bridgehead atoms. The molecule has 2 unspecified atom stereocenters. The van der Waals surface area contributed by atoms with Gasteiger partial charge >= 0.3 is 5.69 Å². The smallest absolute Gasteiger partial charge is 0.330 e. The number of methoxy groups -OCH3 is 2. The van der Waals surface area contributed by atoms with Crippen molar-refractivity contribution in [1.82, 2.24) is 9.55 Å². The second-order valence-electron chi connectivity index (χ2n) is 14.4. The van der Waals surface area contributed by atoms with Gasteiger partial charge in [0, 0.05) is 26.1 Å². The summed E-state index contributed by atoms with van der Waals surface area (Å²) in [6.45, 7) is 10.5. The number of H-pyrrole nitrogens is 1. The van der Waals surface area contributed by atoms with Crippen molar-refractivity contribution in [3.8, 4) is 11.5 Å². The summed E-state index contributed by atoms with van der Waals surface area (Å²) >= 11 is 0. The van der Waals surface area contributed by atoms with E-state index >= 15 is 0 Å². The standard InChI is InChI=1S/C38H48N2O8Si/c1-24-22-40(34(44)39-32(24)43)36(23-41)33(49(7)8)38(45,35(2,3)4)31(48-36)30(42)37(25-12-10-9-11-13-25,26-14-18-28(46-5)19-15-26)27-16-20-29(47-6)21-17-27/h9-22,30-31,33,41-42,45,49H,23H2,1-8H3,(H,39,43,44)/t30?,31-,33?,36-,38-/m1/s1. The third-order valence-corrected chi connectivity index (χ3v) is 12.8. The zero-order valence-electron chi connectivity index (χ0n) is 29.4. The Balaban J connectivity index is 1.91. The van der Waals surface area contributed by atoms with Crippen LogP contribution in [-0.4, -0.2) is 72.3 Å². The molecule has 262 valence electrons. The number of aromatic amines is 1. The van der Waals surface area contributed by atoms with Crippen LogP contribution in [-0.2, 0) is 15.9 Å². The monoisotopic (exact) mass is 688 g/mol. The molecule has 5 rings (SSSR count). The zero-order valence-corrected chi connectivity index (χ0v) is 30.6. The van der Waals surface area contributed by atoms with E-state index in [2.05, 4.69) is 4.98 Å². The first-order valence-electron chi connectivity index (χ1n) is 16.5. The predicted octanol–water partition coefficient (Wildman–Crippen LogP) is 3.94. The molecule has 3 aromatic carbocycles. The van der Waals surface area contributed by atoms with Crippen molar-refractivity contribution in [2.24, 2.45) is 5.41 Å². The van der Waals surface area contributed by atoms with Gasteiger partial charge in [-0.2, -0.15) is 0 Å². The van der Waals surface area contributed by atoms with Gasteiger partial charge in [-0.25, -0.2) is 4.79 Å². The van der Waals surface area contributed by atoms with Crippen molar-refractivity contribution >= 4 is 8.80 Å². The minimum Gasteiger partial charge on any atom is -0.497 e. The summed E-state index contributed by atoms with van der Waals surface area (Å²) in [4.78, 5) is 28.4. The van der Waals surface area contributed by atoms with Gasteiger partial charge in [0.15, 0.2) is 5.72 Å². The molecule has 0 saturated carbocycles. The first-order valence-corrected chi connectivity index (χ1v) is 19.5. The molecule has 11 heteroatoms. The van der Waals surface area contributed by atoms with Crippen LogP contribution in [0.3, 0.4) is 0 Å². The van der Waals surface area contributed by atoms with E-state index in [1.54, 1.807) is 21.1 Å². The van der Waals surface area contributed by atoms with Crippen molar-refractivity contribution in [3.05, 3.63) is 128 Å². The lowest BCUT2D eigenvalue weighted by atomic mass is 9.60. The first-order chi connectivity index (χ1) is 23.1. The number of aliphatic hydroxyl groups is 3. The van der Waals surface area contributed by atoms with Crippen molar-refractivity contribution in [2.45, 2.75) is 75.3 Å². The van der Waals surface area contributed by atoms with E-state index in [1.807, 2.05) is 113 Å². The number of hydrogen-bond donors (Lipinski definition) is 4. The van der Waals surface area contributed by atoms with Crippen molar-refractivity contribution in [3.63, 3.8) is 0 Å². The van der Waals surface area contributed by atoms with Gasteiger partial charge in [0.05, 0.1) is 26.2 Å². The lowest BCUT2D eigenvalue weighted by molar-refractivity contribution is -0.190. The van der Waals surface area contributed by atoms with Gasteiger partial charge in [0.1, 0.15) is 29.3 Å². The maximum atomic E-state index is 13.6. The molecule has 4 N–H and O–H groups in total. The summed E-state index contributed by atoms with van der Waals surface area (Å²) in [5.41, 5.74) is -5.76. The maximum absolute atomic E-state index is 13.6. The third-order valence-electron chi connectivity index (χ3n) is 10.4. The maximum Gasteiger partial charge on any atom is 0.330 e. The van der Waals surface area contributed by atoms with Crippen LogP contribution < -0.4 is 20.7 Å². The summed E-state index contributed by atoms with van der Waals surface area (Å²) in [6, 6.07) is 24.3. The average molecular weight is 689 g/mol. The minimum absolute atomic E-state index is 0.235. The van der Waals surface area contributed by atoms with Crippen molar-refractivity contribution < 1.29 is 29.5 Å². The summed E-state index contributed by atoms with van der Waals surface area (Å²) in [5.74, 6) is 1.24. The number of hydrogen-bond acceptors (Lipinski definition) is 8. The lowest BCUT2D eigenvalue weighted by Crippen LogP contribution is -2.63. The highest BCUT2D eigenvalue weighted by Crippen LogP contribution is 2.61. The van der Waals surface area contributed by atoms with Gasteiger partial charge in [-0.05, 0) is 53.3 Å². The molecule has 1 aliphatic rings. The normalized spacial score (nSPS) is 23.4. The van der Waals surface area contributed by atoms with E-state index in [0.29, 0.717) is 22.6 Å². The fourth-order valence-corrected chi connectivity index (χ4v) is 11.1.